The summed E-state index contributed by atoms with van der Waals surface area (Å²) in [4.78, 5) is 24.7. The molecule has 1 aliphatic heterocycles. The third-order valence-electron chi connectivity index (χ3n) is 6.83. The van der Waals surface area contributed by atoms with Gasteiger partial charge in [-0.25, -0.2) is 18.0 Å². The molecule has 1 aromatic carbocycles. The molecule has 1 heterocycles. The maximum Gasteiger partial charge on any atom is 0.428 e. The highest BCUT2D eigenvalue weighted by atomic mass is 127. The number of hydrogen-bond acceptors (Lipinski definition) is 8. The smallest absolute Gasteiger partial charge is 0.428 e. The van der Waals surface area contributed by atoms with Crippen molar-refractivity contribution in [2.45, 2.75) is 48.7 Å². The van der Waals surface area contributed by atoms with Crippen molar-refractivity contribution in [2.24, 2.45) is 17.8 Å². The van der Waals surface area contributed by atoms with Crippen LogP contribution in [-0.4, -0.2) is 41.6 Å². The molecule has 5 aliphatic rings. The molecule has 12 heteroatoms. The summed E-state index contributed by atoms with van der Waals surface area (Å²) in [5.41, 5.74) is -1.06. The first-order valence-corrected chi connectivity index (χ1v) is 12.1. The van der Waals surface area contributed by atoms with Crippen LogP contribution < -0.4 is 4.74 Å². The number of carbonyl (C=O) groups excluding carboxylic acids is 2. The fourth-order valence-electron chi connectivity index (χ4n) is 5.82. The van der Waals surface area contributed by atoms with Crippen molar-refractivity contribution < 1.29 is 45.6 Å². The summed E-state index contributed by atoms with van der Waals surface area (Å²) >= 11 is 2.05. The molecule has 0 saturated heterocycles. The number of para-hydroxylation sites is 1. The van der Waals surface area contributed by atoms with Gasteiger partial charge in [-0.3, -0.25) is 0 Å². The first kappa shape index (κ1) is 21.3. The number of esters is 2. The van der Waals surface area contributed by atoms with Gasteiger partial charge in [0.05, 0.1) is 3.57 Å². The van der Waals surface area contributed by atoms with Crippen molar-refractivity contribution in [3.63, 3.8) is 0 Å². The van der Waals surface area contributed by atoms with Crippen LogP contribution in [0, 0.1) is 21.3 Å². The molecule has 1 spiro atoms. The van der Waals surface area contributed by atoms with Crippen molar-refractivity contribution >= 4 is 44.6 Å². The molecule has 4 saturated carbocycles. The molecule has 0 radical (unpaired) electrons. The maximum absolute atomic E-state index is 13.7. The highest BCUT2D eigenvalue weighted by Crippen LogP contribution is 2.64. The SMILES string of the molecule is O=C1OC2(Oc3c(I)cccc31)C1CC3CC2CC(OC(=O)C(F)(F)S(=O)(=O)[O-])(C3)C1. The number of halogens is 3. The maximum atomic E-state index is 13.7. The molecular formula is C19H16F2IO8S-. The lowest BCUT2D eigenvalue weighted by molar-refractivity contribution is -0.309. The highest BCUT2D eigenvalue weighted by molar-refractivity contribution is 14.1. The number of hydrogen-bond donors (Lipinski definition) is 0. The molecule has 1 aromatic rings. The van der Waals surface area contributed by atoms with E-state index in [1.165, 1.54) is 0 Å². The Morgan fingerprint density at radius 2 is 1.84 bits per heavy atom. The minimum absolute atomic E-state index is 0.00644. The topological polar surface area (TPSA) is 119 Å². The molecule has 6 rings (SSSR count). The van der Waals surface area contributed by atoms with Gasteiger partial charge in [0.1, 0.15) is 11.2 Å². The highest BCUT2D eigenvalue weighted by Gasteiger charge is 2.69. The van der Waals surface area contributed by atoms with E-state index in [4.69, 9.17) is 14.2 Å². The van der Waals surface area contributed by atoms with Crippen LogP contribution in [0.4, 0.5) is 8.78 Å². The van der Waals surface area contributed by atoms with Gasteiger partial charge in [0.2, 0.25) is 0 Å². The largest absolute Gasteiger partial charge is 0.743 e. The van der Waals surface area contributed by atoms with Gasteiger partial charge in [-0.2, -0.15) is 8.78 Å². The van der Waals surface area contributed by atoms with E-state index < -0.39 is 50.5 Å². The van der Waals surface area contributed by atoms with E-state index >= 15 is 0 Å². The lowest BCUT2D eigenvalue weighted by atomic mass is 9.51. The monoisotopic (exact) mass is 569 g/mol. The number of ether oxygens (including phenoxy) is 3. The van der Waals surface area contributed by atoms with Crippen LogP contribution >= 0.6 is 22.6 Å². The van der Waals surface area contributed by atoms with E-state index in [1.807, 2.05) is 0 Å². The summed E-state index contributed by atoms with van der Waals surface area (Å²) < 4.78 is 77.8. The predicted molar refractivity (Wildman–Crippen MR) is 105 cm³/mol. The average molecular weight is 569 g/mol. The lowest BCUT2D eigenvalue weighted by Crippen LogP contribution is -2.69. The van der Waals surface area contributed by atoms with E-state index in [1.54, 1.807) is 18.2 Å². The lowest BCUT2D eigenvalue weighted by Gasteiger charge is -2.63. The second kappa shape index (κ2) is 6.50. The summed E-state index contributed by atoms with van der Waals surface area (Å²) in [6.45, 7) is 0. The molecule has 2 atom stereocenters. The van der Waals surface area contributed by atoms with Crippen LogP contribution in [0.2, 0.25) is 0 Å². The third-order valence-corrected chi connectivity index (χ3v) is 8.48. The molecule has 31 heavy (non-hydrogen) atoms. The van der Waals surface area contributed by atoms with Gasteiger partial charge in [-0.1, -0.05) is 6.07 Å². The zero-order valence-electron chi connectivity index (χ0n) is 15.8. The van der Waals surface area contributed by atoms with Gasteiger partial charge in [0, 0.05) is 11.8 Å². The first-order valence-electron chi connectivity index (χ1n) is 9.64. The molecule has 4 aliphatic carbocycles. The molecule has 0 amide bonds. The third kappa shape index (κ3) is 3.00. The first-order chi connectivity index (χ1) is 14.4. The van der Waals surface area contributed by atoms with Crippen LogP contribution in [0.15, 0.2) is 18.2 Å². The Kier molecular flexibility index (Phi) is 4.47. The van der Waals surface area contributed by atoms with Gasteiger partial charge in [0.25, 0.3) is 5.79 Å². The van der Waals surface area contributed by atoms with E-state index in [0.717, 1.165) is 3.57 Å². The number of carbonyl (C=O) groups is 2. The van der Waals surface area contributed by atoms with Gasteiger partial charge in [-0.05, 0) is 72.7 Å². The van der Waals surface area contributed by atoms with Crippen LogP contribution in [0.25, 0.3) is 0 Å². The number of fused-ring (bicyclic) bond motifs is 1. The molecule has 8 nitrogen and oxygen atoms in total. The quantitative estimate of drug-likeness (QED) is 0.310. The minimum Gasteiger partial charge on any atom is -0.743 e. The molecule has 2 unspecified atom stereocenters. The van der Waals surface area contributed by atoms with Gasteiger partial charge < -0.3 is 18.8 Å². The zero-order valence-corrected chi connectivity index (χ0v) is 18.8. The fourth-order valence-corrected chi connectivity index (χ4v) is 6.68. The van der Waals surface area contributed by atoms with Crippen molar-refractivity contribution in [3.05, 3.63) is 27.3 Å². The van der Waals surface area contributed by atoms with Crippen molar-refractivity contribution in [3.8, 4) is 5.75 Å². The Labute approximate surface area is 189 Å². The van der Waals surface area contributed by atoms with Crippen LogP contribution in [-0.2, 0) is 24.4 Å². The van der Waals surface area contributed by atoms with Crippen molar-refractivity contribution in [2.75, 3.05) is 0 Å². The molecule has 168 valence electrons. The summed E-state index contributed by atoms with van der Waals surface area (Å²) in [6.07, 6.45) is 1.56. The summed E-state index contributed by atoms with van der Waals surface area (Å²) in [6, 6.07) is 5.09. The molecule has 0 N–H and O–H groups in total. The molecule has 4 bridgehead atoms. The fraction of sp³-hybridized carbons (Fsp3) is 0.579. The van der Waals surface area contributed by atoms with E-state index in [0.29, 0.717) is 24.2 Å². The van der Waals surface area contributed by atoms with Gasteiger partial charge in [-0.15, -0.1) is 0 Å². The Balaban J connectivity index is 1.47. The second-order valence-corrected chi connectivity index (χ2v) is 11.3. The minimum atomic E-state index is -6.21. The normalized spacial score (nSPS) is 36.0. The number of benzene rings is 1. The van der Waals surface area contributed by atoms with Crippen LogP contribution in [0.5, 0.6) is 5.75 Å². The Morgan fingerprint density at radius 1 is 1.19 bits per heavy atom. The summed E-state index contributed by atoms with van der Waals surface area (Å²) in [7, 11) is -6.21. The summed E-state index contributed by atoms with van der Waals surface area (Å²) in [5, 5.41) is -5.17. The Morgan fingerprint density at radius 3 is 2.45 bits per heavy atom. The number of rotatable bonds is 3. The molecular weight excluding hydrogens is 553 g/mol. The van der Waals surface area contributed by atoms with E-state index in [2.05, 4.69) is 22.6 Å². The average Bonchev–Trinajstić information content (AvgIpc) is 2.65. The Hall–Kier alpha value is -1.54. The second-order valence-electron chi connectivity index (χ2n) is 8.72. The van der Waals surface area contributed by atoms with Gasteiger partial charge >= 0.3 is 17.2 Å². The van der Waals surface area contributed by atoms with Crippen LogP contribution in [0.1, 0.15) is 42.5 Å². The van der Waals surface area contributed by atoms with Crippen molar-refractivity contribution in [1.82, 2.24) is 0 Å². The van der Waals surface area contributed by atoms with E-state index in [9.17, 15) is 31.3 Å². The standard InChI is InChI=1S/C19H17F2IO8S/c20-19(21,31(25,26)27)16(24)30-17-6-9-4-10(7-17)18(11(5-9)8-17)28-14-12(15(23)29-18)2-1-3-13(14)22/h1-3,9-11H,4-8H2,(H,25,26,27)/p-1. The van der Waals surface area contributed by atoms with Crippen LogP contribution in [0.3, 0.4) is 0 Å². The number of alkyl halides is 2. The molecule has 4 fully saturated rings. The predicted octanol–water partition coefficient (Wildman–Crippen LogP) is 2.80. The van der Waals surface area contributed by atoms with E-state index in [-0.39, 0.29) is 25.2 Å². The Bertz CT molecular complexity index is 1090. The zero-order chi connectivity index (χ0) is 22.4. The van der Waals surface area contributed by atoms with Gasteiger partial charge in [0.15, 0.2) is 15.9 Å². The summed E-state index contributed by atoms with van der Waals surface area (Å²) in [5.74, 6) is -4.66. The molecule has 0 aromatic heterocycles. The van der Waals surface area contributed by atoms with Crippen molar-refractivity contribution in [1.29, 1.82) is 0 Å².